The summed E-state index contributed by atoms with van der Waals surface area (Å²) in [6.45, 7) is 1.30. The standard InChI is InChI=1S/C16H13BrO3/c17-13-6-4-11(5-7-13)16(18)12-2-1-3-14(8-12)19-9-15-10-20-15/h1-8,15H,9-10H2. The number of carbonyl (C=O) groups is 1. The minimum Gasteiger partial charge on any atom is -0.491 e. The zero-order chi connectivity index (χ0) is 13.9. The molecular formula is C16H13BrO3. The Labute approximate surface area is 125 Å². The van der Waals surface area contributed by atoms with E-state index in [0.29, 0.717) is 23.5 Å². The molecule has 102 valence electrons. The number of benzene rings is 2. The molecule has 0 saturated carbocycles. The van der Waals surface area contributed by atoms with Gasteiger partial charge in [0.1, 0.15) is 18.5 Å². The first kappa shape index (κ1) is 13.3. The van der Waals surface area contributed by atoms with Crippen molar-refractivity contribution in [2.45, 2.75) is 6.10 Å². The zero-order valence-corrected chi connectivity index (χ0v) is 12.3. The number of rotatable bonds is 5. The molecular weight excluding hydrogens is 320 g/mol. The molecule has 1 saturated heterocycles. The lowest BCUT2D eigenvalue weighted by Crippen LogP contribution is -2.05. The molecule has 0 N–H and O–H groups in total. The van der Waals surface area contributed by atoms with Crippen molar-refractivity contribution in [1.29, 1.82) is 0 Å². The molecule has 0 spiro atoms. The molecule has 20 heavy (non-hydrogen) atoms. The van der Waals surface area contributed by atoms with Gasteiger partial charge in [-0.2, -0.15) is 0 Å². The van der Waals surface area contributed by atoms with Crippen LogP contribution in [0.3, 0.4) is 0 Å². The highest BCUT2D eigenvalue weighted by Gasteiger charge is 2.23. The molecule has 2 aromatic carbocycles. The zero-order valence-electron chi connectivity index (χ0n) is 10.7. The van der Waals surface area contributed by atoms with E-state index in [1.165, 1.54) is 0 Å². The number of hydrogen-bond acceptors (Lipinski definition) is 3. The van der Waals surface area contributed by atoms with Crippen LogP contribution in [-0.2, 0) is 4.74 Å². The molecule has 0 aromatic heterocycles. The number of epoxide rings is 1. The van der Waals surface area contributed by atoms with Crippen LogP contribution in [0.5, 0.6) is 5.75 Å². The lowest BCUT2D eigenvalue weighted by Gasteiger charge is -2.06. The third kappa shape index (κ3) is 3.26. The topological polar surface area (TPSA) is 38.8 Å². The lowest BCUT2D eigenvalue weighted by atomic mass is 10.0. The maximum Gasteiger partial charge on any atom is 0.193 e. The predicted octanol–water partition coefficient (Wildman–Crippen LogP) is 3.46. The van der Waals surface area contributed by atoms with Crippen molar-refractivity contribution in [3.8, 4) is 5.75 Å². The highest BCUT2D eigenvalue weighted by atomic mass is 79.9. The number of hydrogen-bond donors (Lipinski definition) is 0. The number of halogens is 1. The van der Waals surface area contributed by atoms with Gasteiger partial charge in [0, 0.05) is 15.6 Å². The van der Waals surface area contributed by atoms with Gasteiger partial charge in [-0.25, -0.2) is 0 Å². The molecule has 0 radical (unpaired) electrons. The van der Waals surface area contributed by atoms with E-state index in [0.717, 1.165) is 11.1 Å². The molecule has 1 aliphatic rings. The summed E-state index contributed by atoms with van der Waals surface area (Å²) in [5.41, 5.74) is 1.29. The number of carbonyl (C=O) groups excluding carboxylic acids is 1. The Morgan fingerprint density at radius 1 is 1.20 bits per heavy atom. The van der Waals surface area contributed by atoms with Gasteiger partial charge in [-0.1, -0.05) is 28.1 Å². The minimum atomic E-state index is -0.00868. The fourth-order valence-electron chi connectivity index (χ4n) is 1.85. The van der Waals surface area contributed by atoms with Gasteiger partial charge in [0.15, 0.2) is 5.78 Å². The summed E-state index contributed by atoms with van der Waals surface area (Å²) in [6.07, 6.45) is 0.209. The second kappa shape index (κ2) is 5.77. The first-order chi connectivity index (χ1) is 9.72. The van der Waals surface area contributed by atoms with Crippen LogP contribution in [0.15, 0.2) is 53.0 Å². The molecule has 1 fully saturated rings. The fraction of sp³-hybridized carbons (Fsp3) is 0.188. The van der Waals surface area contributed by atoms with Crippen LogP contribution in [0.2, 0.25) is 0 Å². The maximum absolute atomic E-state index is 12.4. The third-order valence-electron chi connectivity index (χ3n) is 3.04. The summed E-state index contributed by atoms with van der Waals surface area (Å²) < 4.78 is 11.6. The molecule has 0 amide bonds. The van der Waals surface area contributed by atoms with Crippen molar-refractivity contribution in [3.63, 3.8) is 0 Å². The maximum atomic E-state index is 12.4. The van der Waals surface area contributed by atoms with Crippen molar-refractivity contribution in [2.75, 3.05) is 13.2 Å². The number of ketones is 1. The Balaban J connectivity index is 1.76. The van der Waals surface area contributed by atoms with Gasteiger partial charge >= 0.3 is 0 Å². The monoisotopic (exact) mass is 332 g/mol. The largest absolute Gasteiger partial charge is 0.491 e. The van der Waals surface area contributed by atoms with Gasteiger partial charge in [-0.05, 0) is 36.4 Å². The summed E-state index contributed by atoms with van der Waals surface area (Å²) in [4.78, 5) is 12.4. The van der Waals surface area contributed by atoms with E-state index in [2.05, 4.69) is 15.9 Å². The van der Waals surface area contributed by atoms with Crippen LogP contribution in [0.25, 0.3) is 0 Å². The lowest BCUT2D eigenvalue weighted by molar-refractivity contribution is 0.103. The second-order valence-corrected chi connectivity index (χ2v) is 5.55. The van der Waals surface area contributed by atoms with Gasteiger partial charge in [0.25, 0.3) is 0 Å². The normalized spacial score (nSPS) is 16.8. The smallest absolute Gasteiger partial charge is 0.193 e. The Kier molecular flexibility index (Phi) is 3.85. The first-order valence-electron chi connectivity index (χ1n) is 6.37. The molecule has 0 bridgehead atoms. The second-order valence-electron chi connectivity index (χ2n) is 4.63. The summed E-state index contributed by atoms with van der Waals surface area (Å²) >= 11 is 3.36. The molecule has 3 rings (SSSR count). The highest BCUT2D eigenvalue weighted by molar-refractivity contribution is 9.10. The van der Waals surface area contributed by atoms with Crippen LogP contribution in [-0.4, -0.2) is 25.1 Å². The van der Waals surface area contributed by atoms with Crippen molar-refractivity contribution < 1.29 is 14.3 Å². The Bertz CT molecular complexity index is 618. The highest BCUT2D eigenvalue weighted by Crippen LogP contribution is 2.19. The third-order valence-corrected chi connectivity index (χ3v) is 3.57. The fourth-order valence-corrected chi connectivity index (χ4v) is 2.11. The van der Waals surface area contributed by atoms with E-state index < -0.39 is 0 Å². The average Bonchev–Trinajstić information content (AvgIpc) is 3.30. The summed E-state index contributed by atoms with van der Waals surface area (Å²) in [5, 5.41) is 0. The summed E-state index contributed by atoms with van der Waals surface area (Å²) in [6, 6.07) is 14.6. The molecule has 3 nitrogen and oxygen atoms in total. The van der Waals surface area contributed by atoms with E-state index in [-0.39, 0.29) is 11.9 Å². The van der Waals surface area contributed by atoms with E-state index in [9.17, 15) is 4.79 Å². The average molecular weight is 333 g/mol. The van der Waals surface area contributed by atoms with Gasteiger partial charge in [-0.15, -0.1) is 0 Å². The molecule has 1 unspecified atom stereocenters. The van der Waals surface area contributed by atoms with Crippen LogP contribution < -0.4 is 4.74 Å². The van der Waals surface area contributed by atoms with Crippen LogP contribution in [0.1, 0.15) is 15.9 Å². The molecule has 1 atom stereocenters. The van der Waals surface area contributed by atoms with Crippen molar-refractivity contribution in [2.24, 2.45) is 0 Å². The van der Waals surface area contributed by atoms with Crippen molar-refractivity contribution >= 4 is 21.7 Å². The predicted molar refractivity (Wildman–Crippen MR) is 79.3 cm³/mol. The van der Waals surface area contributed by atoms with E-state index in [1.54, 1.807) is 24.3 Å². The van der Waals surface area contributed by atoms with Crippen LogP contribution >= 0.6 is 15.9 Å². The van der Waals surface area contributed by atoms with E-state index in [4.69, 9.17) is 9.47 Å². The van der Waals surface area contributed by atoms with Crippen LogP contribution in [0.4, 0.5) is 0 Å². The van der Waals surface area contributed by atoms with Gasteiger partial charge in [-0.3, -0.25) is 4.79 Å². The quantitative estimate of drug-likeness (QED) is 0.621. The van der Waals surface area contributed by atoms with Crippen LogP contribution in [0, 0.1) is 0 Å². The SMILES string of the molecule is O=C(c1ccc(Br)cc1)c1cccc(OCC2CO2)c1. The van der Waals surface area contributed by atoms with Gasteiger partial charge in [0.05, 0.1) is 6.61 Å². The Hall–Kier alpha value is -1.65. The molecule has 2 aromatic rings. The molecule has 1 aliphatic heterocycles. The molecule has 1 heterocycles. The molecule has 4 heteroatoms. The summed E-state index contributed by atoms with van der Waals surface area (Å²) in [7, 11) is 0. The Morgan fingerprint density at radius 2 is 1.95 bits per heavy atom. The number of ether oxygens (including phenoxy) is 2. The van der Waals surface area contributed by atoms with Crippen molar-refractivity contribution in [3.05, 3.63) is 64.1 Å². The van der Waals surface area contributed by atoms with E-state index >= 15 is 0 Å². The Morgan fingerprint density at radius 3 is 2.65 bits per heavy atom. The first-order valence-corrected chi connectivity index (χ1v) is 7.16. The van der Waals surface area contributed by atoms with E-state index in [1.807, 2.05) is 24.3 Å². The molecule has 0 aliphatic carbocycles. The minimum absolute atomic E-state index is 0.00868. The van der Waals surface area contributed by atoms with Gasteiger partial charge in [0.2, 0.25) is 0 Å². The van der Waals surface area contributed by atoms with Gasteiger partial charge < -0.3 is 9.47 Å². The van der Waals surface area contributed by atoms with Crippen molar-refractivity contribution in [1.82, 2.24) is 0 Å². The summed E-state index contributed by atoms with van der Waals surface area (Å²) in [5.74, 6) is 0.689.